The Hall–Kier alpha value is -1.02. The maximum Gasteiger partial charge on any atom is 0.196 e. The van der Waals surface area contributed by atoms with Crippen LogP contribution in [0.3, 0.4) is 0 Å². The first-order valence-electron chi connectivity index (χ1n) is 5.67. The molecule has 0 aliphatic rings. The van der Waals surface area contributed by atoms with E-state index in [9.17, 15) is 4.79 Å². The maximum absolute atomic E-state index is 12.6. The third kappa shape index (κ3) is 2.79. The molecule has 1 nitrogen and oxygen atoms in total. The zero-order valence-electron chi connectivity index (χ0n) is 10.4. The minimum absolute atomic E-state index is 0.187. The Balaban J connectivity index is 2.60. The standard InChI is InChI=1S/C15H11Cl3O/c1-8-7-13(18)9(2)6-10(8)15(19)14-11(16)4-3-5-12(14)17/h3-7H,1-2H3. The van der Waals surface area contributed by atoms with E-state index in [1.807, 2.05) is 13.8 Å². The first kappa shape index (κ1) is 14.4. The molecule has 98 valence electrons. The number of aryl methyl sites for hydroxylation is 2. The van der Waals surface area contributed by atoms with E-state index in [0.717, 1.165) is 11.1 Å². The van der Waals surface area contributed by atoms with Gasteiger partial charge in [-0.15, -0.1) is 0 Å². The van der Waals surface area contributed by atoms with Gasteiger partial charge in [0.05, 0.1) is 15.6 Å². The van der Waals surface area contributed by atoms with E-state index in [4.69, 9.17) is 34.8 Å². The van der Waals surface area contributed by atoms with Gasteiger partial charge in [0.15, 0.2) is 5.78 Å². The van der Waals surface area contributed by atoms with E-state index in [-0.39, 0.29) is 5.78 Å². The highest BCUT2D eigenvalue weighted by atomic mass is 35.5. The van der Waals surface area contributed by atoms with Crippen LogP contribution in [-0.2, 0) is 0 Å². The molecule has 0 fully saturated rings. The van der Waals surface area contributed by atoms with E-state index in [1.54, 1.807) is 30.3 Å². The molecule has 2 aromatic carbocycles. The second-order valence-corrected chi connectivity index (χ2v) is 5.56. The summed E-state index contributed by atoms with van der Waals surface area (Å²) in [6.07, 6.45) is 0. The van der Waals surface area contributed by atoms with Gasteiger partial charge in [-0.2, -0.15) is 0 Å². The molecule has 0 unspecified atom stereocenters. The van der Waals surface area contributed by atoms with Crippen LogP contribution in [-0.4, -0.2) is 5.78 Å². The van der Waals surface area contributed by atoms with Gasteiger partial charge >= 0.3 is 0 Å². The quantitative estimate of drug-likeness (QED) is 0.670. The Morgan fingerprint density at radius 3 is 2.05 bits per heavy atom. The second-order valence-electron chi connectivity index (χ2n) is 4.34. The predicted octanol–water partition coefficient (Wildman–Crippen LogP) is 5.49. The summed E-state index contributed by atoms with van der Waals surface area (Å²) in [7, 11) is 0. The lowest BCUT2D eigenvalue weighted by Crippen LogP contribution is -2.06. The first-order valence-corrected chi connectivity index (χ1v) is 6.80. The summed E-state index contributed by atoms with van der Waals surface area (Å²) in [6, 6.07) is 8.55. The van der Waals surface area contributed by atoms with Crippen LogP contribution in [0.1, 0.15) is 27.0 Å². The van der Waals surface area contributed by atoms with Crippen molar-refractivity contribution < 1.29 is 4.79 Å². The summed E-state index contributed by atoms with van der Waals surface area (Å²) in [5, 5.41) is 1.34. The average molecular weight is 314 g/mol. The van der Waals surface area contributed by atoms with Crippen LogP contribution in [0.2, 0.25) is 15.1 Å². The highest BCUT2D eigenvalue weighted by molar-refractivity contribution is 6.41. The zero-order valence-corrected chi connectivity index (χ0v) is 12.7. The van der Waals surface area contributed by atoms with E-state index in [2.05, 4.69) is 0 Å². The van der Waals surface area contributed by atoms with E-state index < -0.39 is 0 Å². The molecule has 0 atom stereocenters. The molecule has 0 heterocycles. The molecule has 0 amide bonds. The SMILES string of the molecule is Cc1cc(C(=O)c2c(Cl)cccc2Cl)c(C)cc1Cl. The van der Waals surface area contributed by atoms with Crippen molar-refractivity contribution in [3.63, 3.8) is 0 Å². The molecule has 0 aromatic heterocycles. The van der Waals surface area contributed by atoms with Gasteiger partial charge in [-0.3, -0.25) is 4.79 Å². The number of ketones is 1. The summed E-state index contributed by atoms with van der Waals surface area (Å²) in [5.74, 6) is -0.187. The van der Waals surface area contributed by atoms with Crippen LogP contribution >= 0.6 is 34.8 Å². The minimum atomic E-state index is -0.187. The molecule has 0 saturated heterocycles. The van der Waals surface area contributed by atoms with Crippen LogP contribution < -0.4 is 0 Å². The third-order valence-electron chi connectivity index (χ3n) is 2.94. The number of carbonyl (C=O) groups is 1. The summed E-state index contributed by atoms with van der Waals surface area (Å²) in [6.45, 7) is 3.69. The fourth-order valence-corrected chi connectivity index (χ4v) is 2.66. The average Bonchev–Trinajstić information content (AvgIpc) is 2.33. The lowest BCUT2D eigenvalue weighted by atomic mass is 9.97. The molecule has 0 aliphatic carbocycles. The number of carbonyl (C=O) groups excluding carboxylic acids is 1. The van der Waals surface area contributed by atoms with Crippen molar-refractivity contribution in [1.82, 2.24) is 0 Å². The summed E-state index contributed by atoms with van der Waals surface area (Å²) in [5.41, 5.74) is 2.54. The molecule has 2 rings (SSSR count). The molecule has 0 saturated carbocycles. The van der Waals surface area contributed by atoms with Crippen molar-refractivity contribution in [3.8, 4) is 0 Å². The zero-order chi connectivity index (χ0) is 14.2. The topological polar surface area (TPSA) is 17.1 Å². The molecule has 0 spiro atoms. The fourth-order valence-electron chi connectivity index (χ4n) is 1.87. The van der Waals surface area contributed by atoms with Gasteiger partial charge in [-0.25, -0.2) is 0 Å². The lowest BCUT2D eigenvalue weighted by Gasteiger charge is -2.10. The van der Waals surface area contributed by atoms with Gasteiger partial charge in [-0.05, 0) is 49.2 Å². The van der Waals surface area contributed by atoms with Gasteiger partial charge in [-0.1, -0.05) is 40.9 Å². The molecular formula is C15H11Cl3O. The predicted molar refractivity (Wildman–Crippen MR) is 80.8 cm³/mol. The van der Waals surface area contributed by atoms with Gasteiger partial charge < -0.3 is 0 Å². The summed E-state index contributed by atoms with van der Waals surface area (Å²) in [4.78, 5) is 12.6. The van der Waals surface area contributed by atoms with Crippen molar-refractivity contribution in [2.75, 3.05) is 0 Å². The van der Waals surface area contributed by atoms with Crippen LogP contribution in [0.15, 0.2) is 30.3 Å². The molecule has 0 bridgehead atoms. The number of benzene rings is 2. The number of hydrogen-bond donors (Lipinski definition) is 0. The minimum Gasteiger partial charge on any atom is -0.288 e. The van der Waals surface area contributed by atoms with E-state index in [0.29, 0.717) is 26.2 Å². The Morgan fingerprint density at radius 1 is 0.895 bits per heavy atom. The van der Waals surface area contributed by atoms with Crippen LogP contribution in [0.5, 0.6) is 0 Å². The van der Waals surface area contributed by atoms with Crippen molar-refractivity contribution in [1.29, 1.82) is 0 Å². The van der Waals surface area contributed by atoms with Gasteiger partial charge in [0.25, 0.3) is 0 Å². The molecule has 0 radical (unpaired) electrons. The number of hydrogen-bond acceptors (Lipinski definition) is 1. The smallest absolute Gasteiger partial charge is 0.196 e. The highest BCUT2D eigenvalue weighted by Gasteiger charge is 2.19. The molecule has 0 aliphatic heterocycles. The Bertz CT molecular complexity index is 642. The molecule has 0 N–H and O–H groups in total. The number of rotatable bonds is 2. The maximum atomic E-state index is 12.6. The van der Waals surface area contributed by atoms with E-state index in [1.165, 1.54) is 0 Å². The summed E-state index contributed by atoms with van der Waals surface area (Å²) >= 11 is 18.2. The molecule has 2 aromatic rings. The molecule has 4 heteroatoms. The number of halogens is 3. The second kappa shape index (κ2) is 5.54. The Kier molecular flexibility index (Phi) is 4.19. The monoisotopic (exact) mass is 312 g/mol. The third-order valence-corrected chi connectivity index (χ3v) is 3.98. The van der Waals surface area contributed by atoms with Gasteiger partial charge in [0, 0.05) is 10.6 Å². The van der Waals surface area contributed by atoms with Gasteiger partial charge in [0.1, 0.15) is 0 Å². The Labute approximate surface area is 127 Å². The largest absolute Gasteiger partial charge is 0.288 e. The van der Waals surface area contributed by atoms with Crippen LogP contribution in [0.4, 0.5) is 0 Å². The first-order chi connectivity index (χ1) is 8.91. The Morgan fingerprint density at radius 2 is 1.47 bits per heavy atom. The fraction of sp³-hybridized carbons (Fsp3) is 0.133. The summed E-state index contributed by atoms with van der Waals surface area (Å²) < 4.78 is 0. The van der Waals surface area contributed by atoms with Crippen LogP contribution in [0.25, 0.3) is 0 Å². The van der Waals surface area contributed by atoms with Crippen molar-refractivity contribution in [3.05, 3.63) is 67.7 Å². The normalized spacial score (nSPS) is 10.6. The van der Waals surface area contributed by atoms with Crippen molar-refractivity contribution >= 4 is 40.6 Å². The molecule has 19 heavy (non-hydrogen) atoms. The highest BCUT2D eigenvalue weighted by Crippen LogP contribution is 2.29. The molecular weight excluding hydrogens is 303 g/mol. The van der Waals surface area contributed by atoms with E-state index >= 15 is 0 Å². The van der Waals surface area contributed by atoms with Crippen LogP contribution in [0, 0.1) is 13.8 Å². The van der Waals surface area contributed by atoms with Gasteiger partial charge in [0.2, 0.25) is 0 Å². The van der Waals surface area contributed by atoms with Crippen molar-refractivity contribution in [2.24, 2.45) is 0 Å². The van der Waals surface area contributed by atoms with Crippen molar-refractivity contribution in [2.45, 2.75) is 13.8 Å². The lowest BCUT2D eigenvalue weighted by molar-refractivity contribution is 0.103.